The summed E-state index contributed by atoms with van der Waals surface area (Å²) in [6.45, 7) is 5.17. The van der Waals surface area contributed by atoms with Crippen LogP contribution in [0.15, 0.2) is 17.6 Å². The fourth-order valence-electron chi connectivity index (χ4n) is 1.32. The molecular formula is C11H19N3OS. The van der Waals surface area contributed by atoms with Gasteiger partial charge in [-0.25, -0.2) is 9.97 Å². The van der Waals surface area contributed by atoms with E-state index in [0.717, 1.165) is 29.4 Å². The summed E-state index contributed by atoms with van der Waals surface area (Å²) in [4.78, 5) is 8.46. The van der Waals surface area contributed by atoms with Crippen LogP contribution in [0.3, 0.4) is 0 Å². The van der Waals surface area contributed by atoms with Gasteiger partial charge in [-0.15, -0.1) is 0 Å². The van der Waals surface area contributed by atoms with Crippen molar-refractivity contribution in [3.63, 3.8) is 0 Å². The second-order valence-electron chi connectivity index (χ2n) is 3.62. The van der Waals surface area contributed by atoms with Crippen molar-refractivity contribution in [3.05, 3.63) is 18.0 Å². The smallest absolute Gasteiger partial charge is 0.187 e. The first-order valence-corrected chi connectivity index (χ1v) is 6.50. The van der Waals surface area contributed by atoms with Gasteiger partial charge in [0.05, 0.1) is 0 Å². The Kier molecular flexibility index (Phi) is 6.37. The molecule has 0 spiro atoms. The van der Waals surface area contributed by atoms with Gasteiger partial charge in [0.15, 0.2) is 5.16 Å². The van der Waals surface area contributed by atoms with Crippen molar-refractivity contribution in [2.75, 3.05) is 18.9 Å². The highest BCUT2D eigenvalue weighted by Crippen LogP contribution is 2.14. The number of aromatic nitrogens is 2. The maximum absolute atomic E-state index is 8.92. The zero-order valence-corrected chi connectivity index (χ0v) is 10.6. The number of aryl methyl sites for hydroxylation is 1. The van der Waals surface area contributed by atoms with Crippen molar-refractivity contribution in [1.82, 2.24) is 15.3 Å². The molecule has 0 aliphatic heterocycles. The third-order valence-electron chi connectivity index (χ3n) is 2.14. The Balaban J connectivity index is 2.38. The summed E-state index contributed by atoms with van der Waals surface area (Å²) in [6, 6.07) is 0.324. The molecule has 1 atom stereocenters. The quantitative estimate of drug-likeness (QED) is 0.555. The molecule has 1 rings (SSSR count). The lowest BCUT2D eigenvalue weighted by Gasteiger charge is -2.15. The lowest BCUT2D eigenvalue weighted by atomic mass is 10.2. The molecular weight excluding hydrogens is 222 g/mol. The lowest BCUT2D eigenvalue weighted by Crippen LogP contribution is -2.32. The molecule has 4 nitrogen and oxygen atoms in total. The summed E-state index contributed by atoms with van der Waals surface area (Å²) >= 11 is 1.62. The second kappa shape index (κ2) is 7.60. The Morgan fingerprint density at radius 3 is 2.69 bits per heavy atom. The van der Waals surface area contributed by atoms with Gasteiger partial charge in [-0.2, -0.15) is 0 Å². The second-order valence-corrected chi connectivity index (χ2v) is 4.61. The molecule has 1 aromatic rings. The molecule has 0 aliphatic carbocycles. The fraction of sp³-hybridized carbons (Fsp3) is 0.636. The molecule has 0 amide bonds. The average molecular weight is 241 g/mol. The summed E-state index contributed by atoms with van der Waals surface area (Å²) in [5, 5.41) is 13.0. The summed E-state index contributed by atoms with van der Waals surface area (Å²) in [7, 11) is 0. The van der Waals surface area contributed by atoms with Crippen LogP contribution in [0.1, 0.15) is 18.9 Å². The van der Waals surface area contributed by atoms with Crippen molar-refractivity contribution in [3.8, 4) is 0 Å². The topological polar surface area (TPSA) is 58.0 Å². The van der Waals surface area contributed by atoms with E-state index in [-0.39, 0.29) is 6.61 Å². The first-order valence-electron chi connectivity index (χ1n) is 5.52. The minimum atomic E-state index is 0.215. The summed E-state index contributed by atoms with van der Waals surface area (Å²) in [5.41, 5.74) is 1.07. The Morgan fingerprint density at radius 1 is 1.44 bits per heavy atom. The van der Waals surface area contributed by atoms with E-state index < -0.39 is 0 Å². The van der Waals surface area contributed by atoms with Crippen LogP contribution < -0.4 is 5.32 Å². The third kappa shape index (κ3) is 4.92. The van der Waals surface area contributed by atoms with Crippen LogP contribution >= 0.6 is 11.8 Å². The van der Waals surface area contributed by atoms with Crippen molar-refractivity contribution in [1.29, 1.82) is 0 Å². The van der Waals surface area contributed by atoms with Gasteiger partial charge in [0.25, 0.3) is 0 Å². The number of nitrogens with one attached hydrogen (secondary N) is 1. The molecule has 1 aromatic heterocycles. The van der Waals surface area contributed by atoms with Crippen LogP contribution in [0.4, 0.5) is 0 Å². The Hall–Kier alpha value is -0.650. The van der Waals surface area contributed by atoms with E-state index in [9.17, 15) is 0 Å². The highest BCUT2D eigenvalue weighted by atomic mass is 32.2. The van der Waals surface area contributed by atoms with E-state index in [1.165, 1.54) is 0 Å². The summed E-state index contributed by atoms with van der Waals surface area (Å²) in [6.07, 6.45) is 4.42. The lowest BCUT2D eigenvalue weighted by molar-refractivity contribution is 0.271. The van der Waals surface area contributed by atoms with Gasteiger partial charge in [-0.3, -0.25) is 0 Å². The number of aliphatic hydroxyl groups is 1. The number of thioether (sulfide) groups is 1. The monoisotopic (exact) mass is 241 g/mol. The molecule has 16 heavy (non-hydrogen) atoms. The van der Waals surface area contributed by atoms with Gasteiger partial charge in [0, 0.05) is 30.8 Å². The minimum Gasteiger partial charge on any atom is -0.396 e. The number of hydrogen-bond donors (Lipinski definition) is 2. The molecule has 0 aromatic carbocycles. The standard InChI is InChI=1S/C11H19N3OS/c1-3-12-10(4-5-15)8-16-11-13-6-9(2)7-14-11/h6-7,10,12,15H,3-5,8H2,1-2H3. The highest BCUT2D eigenvalue weighted by molar-refractivity contribution is 7.99. The van der Waals surface area contributed by atoms with Crippen LogP contribution in [0.25, 0.3) is 0 Å². The third-order valence-corrected chi connectivity index (χ3v) is 3.18. The number of aliphatic hydroxyl groups excluding tert-OH is 1. The average Bonchev–Trinajstić information content (AvgIpc) is 2.29. The first kappa shape index (κ1) is 13.4. The van der Waals surface area contributed by atoms with E-state index in [4.69, 9.17) is 5.11 Å². The Labute approximate surface area is 101 Å². The molecule has 1 unspecified atom stereocenters. The maximum Gasteiger partial charge on any atom is 0.187 e. The van der Waals surface area contributed by atoms with Crippen LogP contribution in [-0.4, -0.2) is 40.0 Å². The summed E-state index contributed by atoms with van der Waals surface area (Å²) < 4.78 is 0. The predicted molar refractivity (Wildman–Crippen MR) is 66.7 cm³/mol. The predicted octanol–water partition coefficient (Wildman–Crippen LogP) is 1.24. The van der Waals surface area contributed by atoms with E-state index in [2.05, 4.69) is 22.2 Å². The normalized spacial score (nSPS) is 12.7. The van der Waals surface area contributed by atoms with Gasteiger partial charge >= 0.3 is 0 Å². The fourth-order valence-corrected chi connectivity index (χ4v) is 2.21. The van der Waals surface area contributed by atoms with Crippen molar-refractivity contribution in [2.45, 2.75) is 31.5 Å². The van der Waals surface area contributed by atoms with Gasteiger partial charge < -0.3 is 10.4 Å². The van der Waals surface area contributed by atoms with Crippen LogP contribution in [-0.2, 0) is 0 Å². The largest absolute Gasteiger partial charge is 0.396 e. The number of rotatable bonds is 7. The number of hydrogen-bond acceptors (Lipinski definition) is 5. The molecule has 90 valence electrons. The molecule has 0 aliphatic rings. The van der Waals surface area contributed by atoms with Gasteiger partial charge in [-0.05, 0) is 25.5 Å². The molecule has 0 fully saturated rings. The molecule has 0 saturated carbocycles. The van der Waals surface area contributed by atoms with Gasteiger partial charge in [-0.1, -0.05) is 18.7 Å². The minimum absolute atomic E-state index is 0.215. The first-order chi connectivity index (χ1) is 7.76. The molecule has 0 bridgehead atoms. The summed E-state index contributed by atoms with van der Waals surface area (Å²) in [5.74, 6) is 0.886. The highest BCUT2D eigenvalue weighted by Gasteiger charge is 2.08. The van der Waals surface area contributed by atoms with Crippen molar-refractivity contribution < 1.29 is 5.11 Å². The molecule has 1 heterocycles. The Bertz CT molecular complexity index is 286. The molecule has 0 radical (unpaired) electrons. The number of nitrogens with zero attached hydrogens (tertiary/aromatic N) is 2. The molecule has 5 heteroatoms. The molecule has 0 saturated heterocycles. The Morgan fingerprint density at radius 2 is 2.12 bits per heavy atom. The van der Waals surface area contributed by atoms with Gasteiger partial charge in [0.2, 0.25) is 0 Å². The maximum atomic E-state index is 8.92. The van der Waals surface area contributed by atoms with Crippen molar-refractivity contribution >= 4 is 11.8 Å². The van der Waals surface area contributed by atoms with E-state index >= 15 is 0 Å². The van der Waals surface area contributed by atoms with E-state index in [0.29, 0.717) is 6.04 Å². The van der Waals surface area contributed by atoms with Gasteiger partial charge in [0.1, 0.15) is 0 Å². The molecule has 2 N–H and O–H groups in total. The van der Waals surface area contributed by atoms with E-state index in [1.54, 1.807) is 11.8 Å². The van der Waals surface area contributed by atoms with Crippen LogP contribution in [0.2, 0.25) is 0 Å². The van der Waals surface area contributed by atoms with Crippen LogP contribution in [0.5, 0.6) is 0 Å². The SMILES string of the molecule is CCNC(CCO)CSc1ncc(C)cn1. The zero-order chi connectivity index (χ0) is 11.8. The zero-order valence-electron chi connectivity index (χ0n) is 9.81. The van der Waals surface area contributed by atoms with Crippen LogP contribution in [0, 0.1) is 6.92 Å². The van der Waals surface area contributed by atoms with E-state index in [1.807, 2.05) is 19.3 Å². The van der Waals surface area contributed by atoms with Crippen molar-refractivity contribution in [2.24, 2.45) is 0 Å².